The Morgan fingerprint density at radius 1 is 1.14 bits per heavy atom. The molecule has 1 aliphatic heterocycles. The smallest absolute Gasteiger partial charge is 0.250 e. The van der Waals surface area contributed by atoms with E-state index < -0.39 is 33.5 Å². The first-order valence-electron chi connectivity index (χ1n) is 13.8. The number of piperidine rings is 1. The van der Waals surface area contributed by atoms with Gasteiger partial charge >= 0.3 is 0 Å². The molecular formula is C29H36N6O6S. The van der Waals surface area contributed by atoms with Crippen LogP contribution in [0.3, 0.4) is 0 Å². The Labute approximate surface area is 244 Å². The molecule has 5 rings (SSSR count). The van der Waals surface area contributed by atoms with Gasteiger partial charge in [-0.25, -0.2) is 18.1 Å². The topological polar surface area (TPSA) is 166 Å². The molecular weight excluding hydrogens is 560 g/mol. The molecule has 42 heavy (non-hydrogen) atoms. The van der Waals surface area contributed by atoms with E-state index in [1.54, 1.807) is 48.4 Å². The molecule has 1 aromatic carbocycles. The van der Waals surface area contributed by atoms with Crippen LogP contribution >= 0.6 is 0 Å². The van der Waals surface area contributed by atoms with Gasteiger partial charge in [0.25, 0.3) is 5.91 Å². The highest BCUT2D eigenvalue weighted by Crippen LogP contribution is 2.43. The molecule has 1 saturated heterocycles. The normalized spacial score (nSPS) is 20.2. The van der Waals surface area contributed by atoms with E-state index in [0.29, 0.717) is 16.7 Å². The van der Waals surface area contributed by atoms with Crippen LogP contribution < -0.4 is 20.5 Å². The molecule has 2 aliphatic rings. The molecule has 13 heteroatoms. The van der Waals surface area contributed by atoms with Gasteiger partial charge in [-0.05, 0) is 83.2 Å². The molecule has 0 radical (unpaired) electrons. The summed E-state index contributed by atoms with van der Waals surface area (Å²) in [6.07, 6.45) is 3.97. The van der Waals surface area contributed by atoms with Crippen LogP contribution in [-0.4, -0.2) is 64.2 Å². The highest BCUT2D eigenvalue weighted by Gasteiger charge is 2.51. The Bertz CT molecular complexity index is 1660. The van der Waals surface area contributed by atoms with Gasteiger partial charge in [0.05, 0.1) is 5.56 Å². The van der Waals surface area contributed by atoms with E-state index in [-0.39, 0.29) is 41.6 Å². The van der Waals surface area contributed by atoms with Crippen molar-refractivity contribution in [1.29, 1.82) is 0 Å². The van der Waals surface area contributed by atoms with Crippen LogP contribution in [0.25, 0.3) is 10.9 Å². The third-order valence-corrected chi connectivity index (χ3v) is 8.90. The molecule has 0 spiro atoms. The van der Waals surface area contributed by atoms with Crippen molar-refractivity contribution >= 4 is 44.5 Å². The molecule has 1 saturated carbocycles. The third-order valence-electron chi connectivity index (χ3n) is 7.55. The Morgan fingerprint density at radius 2 is 1.90 bits per heavy atom. The fourth-order valence-corrected chi connectivity index (χ4v) is 7.34. The molecule has 3 atom stereocenters. The van der Waals surface area contributed by atoms with Gasteiger partial charge in [0, 0.05) is 34.4 Å². The SMILES string of the molecule is Cc1cccc(NC(=O)[C@@H]2C3CCC(C3)N2C(=O)Cn2cc(C(N)=O)c3cc(OCS(=O)(=O)NC(C)(C)C)ccc32)n1. The number of likely N-dealkylation sites (tertiary alicyclic amines) is 1. The van der Waals surface area contributed by atoms with Gasteiger partial charge in [0.2, 0.25) is 27.8 Å². The minimum absolute atomic E-state index is 0.0372. The average Bonchev–Trinajstić information content (AvgIpc) is 3.59. The van der Waals surface area contributed by atoms with Crippen molar-refractivity contribution in [3.63, 3.8) is 0 Å². The lowest BCUT2D eigenvalue weighted by atomic mass is 9.97. The number of rotatable bonds is 9. The van der Waals surface area contributed by atoms with E-state index in [1.807, 2.05) is 19.1 Å². The fourth-order valence-electron chi connectivity index (χ4n) is 6.06. The van der Waals surface area contributed by atoms with Gasteiger partial charge in [-0.2, -0.15) is 0 Å². The van der Waals surface area contributed by atoms with Crippen LogP contribution in [0.4, 0.5) is 5.82 Å². The molecule has 2 aromatic heterocycles. The second kappa shape index (κ2) is 11.0. The lowest BCUT2D eigenvalue weighted by Crippen LogP contribution is -2.51. The van der Waals surface area contributed by atoms with E-state index >= 15 is 0 Å². The van der Waals surface area contributed by atoms with Gasteiger partial charge in [0.1, 0.15) is 24.2 Å². The van der Waals surface area contributed by atoms with Crippen LogP contribution in [-0.2, 0) is 26.2 Å². The largest absolute Gasteiger partial charge is 0.476 e. The van der Waals surface area contributed by atoms with Crippen LogP contribution in [0.5, 0.6) is 5.75 Å². The number of benzene rings is 1. The average molecular weight is 597 g/mol. The fraction of sp³-hybridized carbons (Fsp3) is 0.448. The Balaban J connectivity index is 1.36. The molecule has 2 fully saturated rings. The number of pyridine rings is 1. The Morgan fingerprint density at radius 3 is 2.60 bits per heavy atom. The summed E-state index contributed by atoms with van der Waals surface area (Å²) in [7, 11) is -3.73. The number of anilines is 1. The number of primary amides is 1. The maximum absolute atomic E-state index is 13.7. The van der Waals surface area contributed by atoms with Gasteiger partial charge in [-0.3, -0.25) is 14.4 Å². The third kappa shape index (κ3) is 6.26. The highest BCUT2D eigenvalue weighted by atomic mass is 32.2. The van der Waals surface area contributed by atoms with Crippen molar-refractivity contribution in [3.05, 3.63) is 53.9 Å². The molecule has 2 unspecified atom stereocenters. The molecule has 12 nitrogen and oxygen atoms in total. The Hall–Kier alpha value is -3.97. The van der Waals surface area contributed by atoms with Crippen molar-refractivity contribution in [2.75, 3.05) is 11.3 Å². The molecule has 4 N–H and O–H groups in total. The lowest BCUT2D eigenvalue weighted by molar-refractivity contribution is -0.141. The first-order valence-corrected chi connectivity index (χ1v) is 15.5. The van der Waals surface area contributed by atoms with E-state index in [0.717, 1.165) is 25.0 Å². The van der Waals surface area contributed by atoms with Crippen molar-refractivity contribution in [2.24, 2.45) is 11.7 Å². The number of nitrogens with one attached hydrogen (secondary N) is 2. The molecule has 3 heterocycles. The molecule has 3 aromatic rings. The van der Waals surface area contributed by atoms with Gasteiger partial charge in [0.15, 0.2) is 0 Å². The molecule has 1 aliphatic carbocycles. The standard InChI is InChI=1S/C29H36N6O6S/c1-17-6-5-7-24(31-17)32-28(38)26-18-8-9-19(12-18)35(26)25(36)15-34-14-22(27(30)37)21-13-20(10-11-23(21)34)41-16-42(39,40)33-29(2,3)4/h5-7,10-11,13-14,18-19,26,33H,8-9,12,15-16H2,1-4H3,(H2,30,37)(H,31,32,38)/t18?,19?,26-/m0/s1. The van der Waals surface area contributed by atoms with E-state index in [4.69, 9.17) is 10.5 Å². The number of hydrogen-bond acceptors (Lipinski definition) is 7. The summed E-state index contributed by atoms with van der Waals surface area (Å²) < 4.78 is 34.4. The number of carbonyl (C=O) groups is 3. The number of amides is 3. The summed E-state index contributed by atoms with van der Waals surface area (Å²) in [4.78, 5) is 45.4. The number of hydrogen-bond donors (Lipinski definition) is 3. The predicted octanol–water partition coefficient (Wildman–Crippen LogP) is 2.52. The number of sulfonamides is 1. The summed E-state index contributed by atoms with van der Waals surface area (Å²) in [6, 6.07) is 9.48. The zero-order chi connectivity index (χ0) is 30.4. The minimum atomic E-state index is -3.73. The number of aryl methyl sites for hydroxylation is 1. The van der Waals surface area contributed by atoms with E-state index in [1.165, 1.54) is 12.3 Å². The van der Waals surface area contributed by atoms with Crippen LogP contribution in [0.15, 0.2) is 42.6 Å². The first kappa shape index (κ1) is 29.5. The summed E-state index contributed by atoms with van der Waals surface area (Å²) in [5.74, 6) is -1.08. The number of fused-ring (bicyclic) bond motifs is 3. The maximum atomic E-state index is 13.7. The second-order valence-electron chi connectivity index (χ2n) is 12.1. The molecule has 224 valence electrons. The Kier molecular flexibility index (Phi) is 7.75. The zero-order valence-electron chi connectivity index (χ0n) is 24.1. The summed E-state index contributed by atoms with van der Waals surface area (Å²) in [5.41, 5.74) is 6.48. The summed E-state index contributed by atoms with van der Waals surface area (Å²) >= 11 is 0. The monoisotopic (exact) mass is 596 g/mol. The number of nitrogens with two attached hydrogens (primary N) is 1. The van der Waals surface area contributed by atoms with Crippen LogP contribution in [0.2, 0.25) is 0 Å². The minimum Gasteiger partial charge on any atom is -0.476 e. The van der Waals surface area contributed by atoms with Crippen molar-refractivity contribution < 1.29 is 27.5 Å². The molecule has 2 bridgehead atoms. The summed E-state index contributed by atoms with van der Waals surface area (Å²) in [6.45, 7) is 6.91. The first-order chi connectivity index (χ1) is 19.7. The number of carbonyl (C=O) groups excluding carboxylic acids is 3. The number of nitrogens with zero attached hydrogens (tertiary/aromatic N) is 3. The summed E-state index contributed by atoms with van der Waals surface area (Å²) in [5, 5.41) is 3.30. The van der Waals surface area contributed by atoms with E-state index in [9.17, 15) is 22.8 Å². The van der Waals surface area contributed by atoms with Crippen LogP contribution in [0, 0.1) is 12.8 Å². The van der Waals surface area contributed by atoms with Gasteiger partial charge in [-0.15, -0.1) is 0 Å². The van der Waals surface area contributed by atoms with Crippen molar-refractivity contribution in [1.82, 2.24) is 19.2 Å². The zero-order valence-corrected chi connectivity index (χ0v) is 24.9. The van der Waals surface area contributed by atoms with Crippen molar-refractivity contribution in [3.8, 4) is 5.75 Å². The van der Waals surface area contributed by atoms with Crippen LogP contribution in [0.1, 0.15) is 56.1 Å². The highest BCUT2D eigenvalue weighted by molar-refractivity contribution is 7.89. The molecule has 3 amide bonds. The van der Waals surface area contributed by atoms with Crippen molar-refractivity contribution in [2.45, 2.75) is 71.1 Å². The van der Waals surface area contributed by atoms with E-state index in [2.05, 4.69) is 15.0 Å². The number of ether oxygens (including phenoxy) is 1. The quantitative estimate of drug-likeness (QED) is 0.341. The van der Waals surface area contributed by atoms with Gasteiger partial charge < -0.3 is 25.3 Å². The predicted molar refractivity (Wildman–Crippen MR) is 157 cm³/mol. The second-order valence-corrected chi connectivity index (χ2v) is 13.7. The maximum Gasteiger partial charge on any atom is 0.250 e. The van der Waals surface area contributed by atoms with Gasteiger partial charge in [-0.1, -0.05) is 6.07 Å². The lowest BCUT2D eigenvalue weighted by Gasteiger charge is -2.34. The number of aromatic nitrogens is 2.